The van der Waals surface area contributed by atoms with Crippen molar-refractivity contribution in [3.8, 4) is 11.4 Å². The molecule has 1 aliphatic carbocycles. The van der Waals surface area contributed by atoms with Crippen LogP contribution in [0.1, 0.15) is 37.5 Å². The van der Waals surface area contributed by atoms with Gasteiger partial charge in [0.05, 0.1) is 5.02 Å². The molecule has 0 aliphatic heterocycles. The lowest BCUT2D eigenvalue weighted by molar-refractivity contribution is 0.299. The number of benzene rings is 1. The van der Waals surface area contributed by atoms with Crippen LogP contribution in [0.5, 0.6) is 0 Å². The second-order valence-electron chi connectivity index (χ2n) is 5.21. The van der Waals surface area contributed by atoms with Crippen molar-refractivity contribution in [1.82, 2.24) is 10.1 Å². The van der Waals surface area contributed by atoms with Crippen LogP contribution in [0.4, 0.5) is 0 Å². The molecule has 1 fully saturated rings. The monoisotopic (exact) mass is 355 g/mol. The summed E-state index contributed by atoms with van der Waals surface area (Å²) in [5.74, 6) is 1.58. The summed E-state index contributed by atoms with van der Waals surface area (Å²) >= 11 is 9.39. The molecule has 1 aromatic heterocycles. The van der Waals surface area contributed by atoms with Crippen molar-refractivity contribution in [1.29, 1.82) is 0 Å². The van der Waals surface area contributed by atoms with Crippen molar-refractivity contribution in [3.05, 3.63) is 33.6 Å². The van der Waals surface area contributed by atoms with Crippen LogP contribution in [-0.4, -0.2) is 16.2 Å². The topological polar surface area (TPSA) is 64.9 Å². The fourth-order valence-corrected chi connectivity index (χ4v) is 3.10. The number of aromatic nitrogens is 2. The van der Waals surface area contributed by atoms with E-state index in [0.29, 0.717) is 16.7 Å². The van der Waals surface area contributed by atoms with Crippen molar-refractivity contribution in [2.45, 2.75) is 37.6 Å². The van der Waals surface area contributed by atoms with Gasteiger partial charge < -0.3 is 10.3 Å². The minimum Gasteiger partial charge on any atom is -0.339 e. The van der Waals surface area contributed by atoms with E-state index in [9.17, 15) is 0 Å². The highest BCUT2D eigenvalue weighted by Crippen LogP contribution is 2.33. The second kappa shape index (κ2) is 5.84. The van der Waals surface area contributed by atoms with Crippen LogP contribution in [0.2, 0.25) is 5.02 Å². The Labute approximate surface area is 130 Å². The quantitative estimate of drug-likeness (QED) is 0.878. The summed E-state index contributed by atoms with van der Waals surface area (Å²) in [6, 6.07) is 5.83. The summed E-state index contributed by atoms with van der Waals surface area (Å²) in [6.07, 6.45) is 4.20. The molecule has 4 nitrogen and oxygen atoms in total. The lowest BCUT2D eigenvalue weighted by atomic mass is 9.86. The number of hydrogen-bond donors (Lipinski definition) is 1. The molecule has 106 valence electrons. The van der Waals surface area contributed by atoms with E-state index in [1.165, 1.54) is 0 Å². The average molecular weight is 357 g/mol. The molecule has 2 unspecified atom stereocenters. The first-order valence-electron chi connectivity index (χ1n) is 6.68. The predicted octanol–water partition coefficient (Wildman–Crippen LogP) is 4.14. The highest BCUT2D eigenvalue weighted by atomic mass is 79.9. The summed E-state index contributed by atoms with van der Waals surface area (Å²) in [7, 11) is 0. The van der Waals surface area contributed by atoms with E-state index < -0.39 is 0 Å². The van der Waals surface area contributed by atoms with Gasteiger partial charge in [0, 0.05) is 22.0 Å². The Kier molecular flexibility index (Phi) is 4.10. The van der Waals surface area contributed by atoms with E-state index in [4.69, 9.17) is 21.9 Å². The van der Waals surface area contributed by atoms with Crippen LogP contribution in [0.25, 0.3) is 11.4 Å². The third-order valence-electron chi connectivity index (χ3n) is 3.68. The normalized spacial score (nSPS) is 22.9. The first kappa shape index (κ1) is 14.0. The molecule has 0 bridgehead atoms. The molecule has 1 heterocycles. The number of nitrogens with two attached hydrogens (primary N) is 1. The van der Waals surface area contributed by atoms with E-state index in [2.05, 4.69) is 26.1 Å². The Morgan fingerprint density at radius 1 is 1.35 bits per heavy atom. The molecular weight excluding hydrogens is 342 g/mol. The summed E-state index contributed by atoms with van der Waals surface area (Å²) in [4.78, 5) is 4.51. The molecule has 2 atom stereocenters. The molecule has 2 aromatic rings. The van der Waals surface area contributed by atoms with E-state index in [1.54, 1.807) is 0 Å². The number of nitrogens with zero attached hydrogens (tertiary/aromatic N) is 2. The van der Waals surface area contributed by atoms with Gasteiger partial charge >= 0.3 is 0 Å². The lowest BCUT2D eigenvalue weighted by Gasteiger charge is -2.23. The van der Waals surface area contributed by atoms with Gasteiger partial charge in [0.1, 0.15) is 0 Å². The van der Waals surface area contributed by atoms with Crippen LogP contribution >= 0.6 is 27.5 Å². The van der Waals surface area contributed by atoms with Crippen molar-refractivity contribution in [3.63, 3.8) is 0 Å². The third-order valence-corrected chi connectivity index (χ3v) is 4.90. The summed E-state index contributed by atoms with van der Waals surface area (Å²) in [6.45, 7) is 0. The second-order valence-corrected chi connectivity index (χ2v) is 6.47. The Balaban J connectivity index is 1.84. The predicted molar refractivity (Wildman–Crippen MR) is 81.6 cm³/mol. The molecule has 20 heavy (non-hydrogen) atoms. The van der Waals surface area contributed by atoms with E-state index in [-0.39, 0.29) is 12.0 Å². The Morgan fingerprint density at radius 3 is 2.95 bits per heavy atom. The zero-order valence-electron chi connectivity index (χ0n) is 10.9. The molecule has 2 N–H and O–H groups in total. The smallest absolute Gasteiger partial charge is 0.230 e. The molecule has 0 saturated heterocycles. The van der Waals surface area contributed by atoms with Crippen molar-refractivity contribution in [2.75, 3.05) is 0 Å². The first-order chi connectivity index (χ1) is 9.63. The minimum atomic E-state index is 0.244. The molecule has 0 amide bonds. The third kappa shape index (κ3) is 2.90. The summed E-state index contributed by atoms with van der Waals surface area (Å²) < 4.78 is 6.23. The maximum Gasteiger partial charge on any atom is 0.230 e. The number of rotatable bonds is 2. The Hall–Kier alpha value is -0.910. The van der Waals surface area contributed by atoms with Gasteiger partial charge in [-0.1, -0.05) is 23.2 Å². The minimum absolute atomic E-state index is 0.244. The van der Waals surface area contributed by atoms with Gasteiger partial charge in [0.2, 0.25) is 11.7 Å². The van der Waals surface area contributed by atoms with Gasteiger partial charge in [-0.15, -0.1) is 0 Å². The van der Waals surface area contributed by atoms with E-state index in [1.807, 2.05) is 18.2 Å². The molecular formula is C14H15BrClN3O. The van der Waals surface area contributed by atoms with Crippen LogP contribution in [0, 0.1) is 0 Å². The Morgan fingerprint density at radius 2 is 2.20 bits per heavy atom. The highest BCUT2D eigenvalue weighted by Gasteiger charge is 2.25. The van der Waals surface area contributed by atoms with Gasteiger partial charge in [0.15, 0.2) is 0 Å². The average Bonchev–Trinajstić information content (AvgIpc) is 2.92. The van der Waals surface area contributed by atoms with E-state index >= 15 is 0 Å². The zero-order chi connectivity index (χ0) is 14.1. The first-order valence-corrected chi connectivity index (χ1v) is 7.85. The summed E-state index contributed by atoms with van der Waals surface area (Å²) in [5.41, 5.74) is 6.89. The maximum atomic E-state index is 6.01. The zero-order valence-corrected chi connectivity index (χ0v) is 13.2. The largest absolute Gasteiger partial charge is 0.339 e. The maximum absolute atomic E-state index is 6.01. The number of hydrogen-bond acceptors (Lipinski definition) is 4. The number of halogens is 2. The molecule has 0 spiro atoms. The fraction of sp³-hybridized carbons (Fsp3) is 0.429. The lowest BCUT2D eigenvalue weighted by Crippen LogP contribution is -2.26. The molecule has 3 rings (SSSR count). The van der Waals surface area contributed by atoms with Gasteiger partial charge in [-0.2, -0.15) is 4.98 Å². The van der Waals surface area contributed by atoms with Gasteiger partial charge in [-0.25, -0.2) is 0 Å². The molecule has 0 radical (unpaired) electrons. The van der Waals surface area contributed by atoms with Crippen molar-refractivity contribution < 1.29 is 4.52 Å². The Bertz CT molecular complexity index is 616. The standard InChI is InChI=1S/C14H15BrClN3O/c15-11-7-8(4-5-12(11)16)13-18-14(20-19-13)9-2-1-3-10(17)6-9/h4-5,7,9-10H,1-3,6,17H2. The molecule has 1 aromatic carbocycles. The molecule has 1 aliphatic rings. The van der Waals surface area contributed by atoms with Crippen LogP contribution in [-0.2, 0) is 0 Å². The van der Waals surface area contributed by atoms with Gasteiger partial charge in [0.25, 0.3) is 0 Å². The summed E-state index contributed by atoms with van der Waals surface area (Å²) in [5, 5.41) is 4.73. The van der Waals surface area contributed by atoms with Crippen molar-refractivity contribution in [2.24, 2.45) is 5.73 Å². The SMILES string of the molecule is NC1CCCC(c2nc(-c3ccc(Cl)c(Br)c3)no2)C1. The highest BCUT2D eigenvalue weighted by molar-refractivity contribution is 9.10. The molecule has 1 saturated carbocycles. The van der Waals surface area contributed by atoms with Gasteiger partial charge in [-0.3, -0.25) is 0 Å². The van der Waals surface area contributed by atoms with Gasteiger partial charge in [-0.05, 0) is 53.4 Å². The van der Waals surface area contributed by atoms with Crippen molar-refractivity contribution >= 4 is 27.5 Å². The van der Waals surface area contributed by atoms with Crippen LogP contribution in [0.3, 0.4) is 0 Å². The van der Waals surface area contributed by atoms with Crippen LogP contribution in [0.15, 0.2) is 27.2 Å². The molecule has 6 heteroatoms. The van der Waals surface area contributed by atoms with E-state index in [0.717, 1.165) is 35.7 Å². The van der Waals surface area contributed by atoms with Crippen LogP contribution < -0.4 is 5.73 Å². The fourth-order valence-electron chi connectivity index (χ4n) is 2.61.